The number of fused-ring (bicyclic) bond motifs is 3. The number of rotatable bonds is 4. The van der Waals surface area contributed by atoms with Gasteiger partial charge in [-0.1, -0.05) is 48.2 Å². The summed E-state index contributed by atoms with van der Waals surface area (Å²) in [4.78, 5) is 29.1. The zero-order valence-electron chi connectivity index (χ0n) is 19.8. The van der Waals surface area contributed by atoms with Crippen molar-refractivity contribution < 1.29 is 14.0 Å². The molecule has 0 fully saturated rings. The highest BCUT2D eigenvalue weighted by molar-refractivity contribution is 8.00. The SMILES string of the molecule is Cc1cc(C)cc(N2C(=O)CSc3c(c4ccccc4n3C)C2C(=O)NCc2ccc(F)cc2)c1. The second-order valence-corrected chi connectivity index (χ2v) is 9.90. The summed E-state index contributed by atoms with van der Waals surface area (Å²) in [6.07, 6.45) is 0. The van der Waals surface area contributed by atoms with E-state index in [2.05, 4.69) is 9.88 Å². The molecule has 1 aliphatic heterocycles. The molecule has 5 nitrogen and oxygen atoms in total. The second-order valence-electron chi connectivity index (χ2n) is 8.94. The van der Waals surface area contributed by atoms with Crippen LogP contribution >= 0.6 is 11.8 Å². The van der Waals surface area contributed by atoms with Gasteiger partial charge in [0.2, 0.25) is 11.8 Å². The van der Waals surface area contributed by atoms with Gasteiger partial charge in [0.15, 0.2) is 0 Å². The van der Waals surface area contributed by atoms with E-state index in [1.165, 1.54) is 23.9 Å². The summed E-state index contributed by atoms with van der Waals surface area (Å²) in [5, 5.41) is 4.86. The highest BCUT2D eigenvalue weighted by Gasteiger charge is 2.39. The first kappa shape index (κ1) is 23.2. The Hall–Kier alpha value is -3.58. The molecule has 0 saturated carbocycles. The number of amides is 2. The largest absolute Gasteiger partial charge is 0.350 e. The molecule has 3 aromatic carbocycles. The van der Waals surface area contributed by atoms with Crippen LogP contribution in [0.3, 0.4) is 0 Å². The number of para-hydroxylation sites is 1. The Morgan fingerprint density at radius 1 is 1.06 bits per heavy atom. The average Bonchev–Trinajstić information content (AvgIpc) is 3.00. The third-order valence-corrected chi connectivity index (χ3v) is 7.49. The van der Waals surface area contributed by atoms with Crippen molar-refractivity contribution in [3.05, 3.63) is 94.8 Å². The van der Waals surface area contributed by atoms with E-state index in [-0.39, 0.29) is 29.9 Å². The van der Waals surface area contributed by atoms with Gasteiger partial charge in [-0.25, -0.2) is 4.39 Å². The number of nitrogens with zero attached hydrogens (tertiary/aromatic N) is 2. The average molecular weight is 488 g/mol. The number of aryl methyl sites for hydroxylation is 3. The fourth-order valence-electron chi connectivity index (χ4n) is 4.83. The molecule has 4 aromatic rings. The van der Waals surface area contributed by atoms with Crippen molar-refractivity contribution in [1.29, 1.82) is 0 Å². The van der Waals surface area contributed by atoms with Crippen LogP contribution in [0.1, 0.15) is 28.3 Å². The Morgan fingerprint density at radius 2 is 1.74 bits per heavy atom. The van der Waals surface area contributed by atoms with Gasteiger partial charge in [0.05, 0.1) is 10.8 Å². The summed E-state index contributed by atoms with van der Waals surface area (Å²) < 4.78 is 15.4. The predicted molar refractivity (Wildman–Crippen MR) is 138 cm³/mol. The normalized spacial score (nSPS) is 15.7. The highest BCUT2D eigenvalue weighted by Crippen LogP contribution is 2.43. The first-order valence-electron chi connectivity index (χ1n) is 11.5. The van der Waals surface area contributed by atoms with E-state index < -0.39 is 6.04 Å². The van der Waals surface area contributed by atoms with Gasteiger partial charge in [-0.2, -0.15) is 0 Å². The second kappa shape index (κ2) is 9.23. The van der Waals surface area contributed by atoms with E-state index in [0.717, 1.165) is 38.2 Å². The van der Waals surface area contributed by atoms with E-state index in [9.17, 15) is 14.0 Å². The maximum atomic E-state index is 13.9. The number of hydrogen-bond donors (Lipinski definition) is 1. The number of benzene rings is 3. The smallest absolute Gasteiger partial charge is 0.248 e. The zero-order chi connectivity index (χ0) is 24.7. The number of nitrogens with one attached hydrogen (secondary N) is 1. The molecular weight excluding hydrogens is 461 g/mol. The van der Waals surface area contributed by atoms with Gasteiger partial charge < -0.3 is 9.88 Å². The van der Waals surface area contributed by atoms with Crippen molar-refractivity contribution in [2.75, 3.05) is 10.7 Å². The van der Waals surface area contributed by atoms with Crippen LogP contribution in [0.25, 0.3) is 10.9 Å². The van der Waals surface area contributed by atoms with E-state index >= 15 is 0 Å². The van der Waals surface area contributed by atoms with Crippen molar-refractivity contribution in [3.8, 4) is 0 Å². The molecule has 5 rings (SSSR count). The van der Waals surface area contributed by atoms with Gasteiger partial charge >= 0.3 is 0 Å². The van der Waals surface area contributed by atoms with Crippen molar-refractivity contribution in [2.24, 2.45) is 7.05 Å². The fourth-order valence-corrected chi connectivity index (χ4v) is 5.90. The molecule has 0 saturated heterocycles. The minimum atomic E-state index is -0.847. The minimum Gasteiger partial charge on any atom is -0.350 e. The number of anilines is 1. The lowest BCUT2D eigenvalue weighted by Crippen LogP contribution is -2.44. The van der Waals surface area contributed by atoms with Gasteiger partial charge in [-0.05, 0) is 60.9 Å². The molecule has 1 aliphatic rings. The van der Waals surface area contributed by atoms with Crippen LogP contribution in [0.15, 0.2) is 71.8 Å². The van der Waals surface area contributed by atoms with Crippen molar-refractivity contribution >= 4 is 40.2 Å². The quantitative estimate of drug-likeness (QED) is 0.418. The maximum absolute atomic E-state index is 13.9. The Morgan fingerprint density at radius 3 is 2.46 bits per heavy atom. The predicted octanol–water partition coefficient (Wildman–Crippen LogP) is 5.43. The van der Waals surface area contributed by atoms with Gasteiger partial charge in [-0.3, -0.25) is 14.5 Å². The lowest BCUT2D eigenvalue weighted by molar-refractivity contribution is -0.125. The van der Waals surface area contributed by atoms with Crippen molar-refractivity contribution in [2.45, 2.75) is 31.5 Å². The van der Waals surface area contributed by atoms with Crippen LogP contribution in [0, 0.1) is 19.7 Å². The van der Waals surface area contributed by atoms with Crippen molar-refractivity contribution in [3.63, 3.8) is 0 Å². The molecule has 7 heteroatoms. The van der Waals surface area contributed by atoms with Crippen LogP contribution < -0.4 is 10.2 Å². The van der Waals surface area contributed by atoms with Gasteiger partial charge in [0.25, 0.3) is 0 Å². The molecule has 35 heavy (non-hydrogen) atoms. The van der Waals surface area contributed by atoms with Crippen LogP contribution in [0.4, 0.5) is 10.1 Å². The van der Waals surface area contributed by atoms with Gasteiger partial charge in [0, 0.05) is 35.7 Å². The summed E-state index contributed by atoms with van der Waals surface area (Å²) >= 11 is 1.46. The molecule has 0 aliphatic carbocycles. The summed E-state index contributed by atoms with van der Waals surface area (Å²) in [5.41, 5.74) is 5.37. The standard InChI is InChI=1S/C28H26FN3O2S/c1-17-12-18(2)14-21(13-17)32-24(33)16-35-28-25(22-6-4-5-7-23(22)31(28)3)26(32)27(34)30-15-19-8-10-20(29)11-9-19/h4-14,26H,15-16H2,1-3H3,(H,30,34). The number of carbonyl (C=O) groups is 2. The lowest BCUT2D eigenvalue weighted by Gasteiger charge is -2.30. The van der Waals surface area contributed by atoms with E-state index in [0.29, 0.717) is 5.69 Å². The lowest BCUT2D eigenvalue weighted by atomic mass is 10.0. The molecule has 1 aromatic heterocycles. The molecule has 0 spiro atoms. The van der Waals surface area contributed by atoms with Gasteiger partial charge in [0.1, 0.15) is 11.9 Å². The Balaban J connectivity index is 1.65. The summed E-state index contributed by atoms with van der Waals surface area (Å²) in [6, 6.07) is 19.1. The van der Waals surface area contributed by atoms with Crippen LogP contribution in [-0.4, -0.2) is 22.1 Å². The third-order valence-electron chi connectivity index (χ3n) is 6.34. The molecule has 1 atom stereocenters. The van der Waals surface area contributed by atoms with E-state index in [4.69, 9.17) is 0 Å². The summed E-state index contributed by atoms with van der Waals surface area (Å²) in [6.45, 7) is 4.21. The number of aromatic nitrogens is 1. The van der Waals surface area contributed by atoms with Gasteiger partial charge in [-0.15, -0.1) is 0 Å². The summed E-state index contributed by atoms with van der Waals surface area (Å²) in [7, 11) is 1.97. The third kappa shape index (κ3) is 4.32. The number of halogens is 1. The minimum absolute atomic E-state index is 0.123. The molecule has 2 amide bonds. The number of thioether (sulfide) groups is 1. The summed E-state index contributed by atoms with van der Waals surface area (Å²) in [5.74, 6) is -0.497. The molecule has 178 valence electrons. The Labute approximate surface area is 207 Å². The maximum Gasteiger partial charge on any atom is 0.248 e. The topological polar surface area (TPSA) is 54.3 Å². The monoisotopic (exact) mass is 487 g/mol. The first-order chi connectivity index (χ1) is 16.8. The van der Waals surface area contributed by atoms with Crippen molar-refractivity contribution in [1.82, 2.24) is 9.88 Å². The number of hydrogen-bond acceptors (Lipinski definition) is 3. The number of carbonyl (C=O) groups excluding carboxylic acids is 2. The first-order valence-corrected chi connectivity index (χ1v) is 12.4. The van der Waals surface area contributed by atoms with E-state index in [1.54, 1.807) is 17.0 Å². The van der Waals surface area contributed by atoms with Crippen LogP contribution in [-0.2, 0) is 23.2 Å². The fraction of sp³-hybridized carbons (Fsp3) is 0.214. The van der Waals surface area contributed by atoms with Crippen LogP contribution in [0.2, 0.25) is 0 Å². The zero-order valence-corrected chi connectivity index (χ0v) is 20.7. The molecule has 1 unspecified atom stereocenters. The molecule has 0 bridgehead atoms. The molecule has 0 radical (unpaired) electrons. The van der Waals surface area contributed by atoms with E-state index in [1.807, 2.05) is 63.4 Å². The molecular formula is C28H26FN3O2S. The molecule has 2 heterocycles. The highest BCUT2D eigenvalue weighted by atomic mass is 32.2. The Bertz CT molecular complexity index is 1420. The molecule has 1 N–H and O–H groups in total. The van der Waals surface area contributed by atoms with Crippen LogP contribution in [0.5, 0.6) is 0 Å². The Kier molecular flexibility index (Phi) is 6.11.